The summed E-state index contributed by atoms with van der Waals surface area (Å²) >= 11 is 0. The molecule has 1 saturated heterocycles. The average Bonchev–Trinajstić information content (AvgIpc) is 3.03. The van der Waals surface area contributed by atoms with E-state index in [-0.39, 0.29) is 23.5 Å². The van der Waals surface area contributed by atoms with Crippen LogP contribution in [0.5, 0.6) is 5.75 Å². The van der Waals surface area contributed by atoms with Gasteiger partial charge < -0.3 is 18.9 Å². The number of allylic oxidation sites excluding steroid dienone is 1. The predicted octanol–water partition coefficient (Wildman–Crippen LogP) is 5.16. The van der Waals surface area contributed by atoms with Crippen molar-refractivity contribution in [1.82, 2.24) is 0 Å². The van der Waals surface area contributed by atoms with E-state index < -0.39 is 22.5 Å². The monoisotopic (exact) mass is 419 g/mol. The fourth-order valence-electron chi connectivity index (χ4n) is 4.41. The highest BCUT2D eigenvalue weighted by Crippen LogP contribution is 2.46. The zero-order valence-corrected chi connectivity index (χ0v) is 17.5. The van der Waals surface area contributed by atoms with Crippen molar-refractivity contribution >= 4 is 11.8 Å². The van der Waals surface area contributed by atoms with Gasteiger partial charge in [-0.3, -0.25) is 10.1 Å². The van der Waals surface area contributed by atoms with Gasteiger partial charge in [-0.1, -0.05) is 13.0 Å². The third-order valence-electron chi connectivity index (χ3n) is 6.00. The van der Waals surface area contributed by atoms with Crippen LogP contribution in [0.1, 0.15) is 52.4 Å². The SMILES string of the molecule is C=CCC(CC)C1(C)OCC2(CCCC(OC(=O)Oc3ccc([N+](=O)[O-])cc3)C2)O1. The van der Waals surface area contributed by atoms with Crippen LogP contribution in [0, 0.1) is 16.0 Å². The van der Waals surface area contributed by atoms with Gasteiger partial charge in [0, 0.05) is 24.5 Å². The second kappa shape index (κ2) is 9.14. The van der Waals surface area contributed by atoms with Crippen LogP contribution in [0.25, 0.3) is 0 Å². The number of carbonyl (C=O) groups is 1. The maximum Gasteiger partial charge on any atom is 0.514 e. The molecule has 164 valence electrons. The number of nitro benzene ring substituents is 1. The van der Waals surface area contributed by atoms with Gasteiger partial charge in [-0.05, 0) is 51.2 Å². The van der Waals surface area contributed by atoms with Crippen molar-refractivity contribution in [2.24, 2.45) is 5.92 Å². The van der Waals surface area contributed by atoms with E-state index in [0.29, 0.717) is 13.0 Å². The third kappa shape index (κ3) is 4.99. The highest BCUT2D eigenvalue weighted by molar-refractivity contribution is 5.64. The first-order valence-corrected chi connectivity index (χ1v) is 10.4. The largest absolute Gasteiger partial charge is 0.514 e. The van der Waals surface area contributed by atoms with Crippen molar-refractivity contribution in [2.45, 2.75) is 69.9 Å². The number of hydrogen-bond donors (Lipinski definition) is 0. The Hall–Kier alpha value is -2.45. The van der Waals surface area contributed by atoms with Gasteiger partial charge in [0.25, 0.3) is 5.69 Å². The number of hydrogen-bond acceptors (Lipinski definition) is 7. The number of non-ortho nitro benzene ring substituents is 1. The smallest absolute Gasteiger partial charge is 0.431 e. The summed E-state index contributed by atoms with van der Waals surface area (Å²) in [6.45, 7) is 8.39. The molecule has 0 N–H and O–H groups in total. The van der Waals surface area contributed by atoms with Crippen molar-refractivity contribution in [3.05, 3.63) is 47.0 Å². The molecule has 30 heavy (non-hydrogen) atoms. The van der Waals surface area contributed by atoms with E-state index in [0.717, 1.165) is 32.1 Å². The van der Waals surface area contributed by atoms with Gasteiger partial charge in [0.15, 0.2) is 5.79 Å². The number of ether oxygens (including phenoxy) is 4. The van der Waals surface area contributed by atoms with Crippen molar-refractivity contribution in [3.8, 4) is 5.75 Å². The Morgan fingerprint density at radius 3 is 2.80 bits per heavy atom. The normalized spacial score (nSPS) is 29.3. The minimum Gasteiger partial charge on any atom is -0.431 e. The molecule has 1 saturated carbocycles. The molecule has 0 amide bonds. The molecule has 1 spiro atoms. The number of rotatable bonds is 7. The molecule has 1 aliphatic heterocycles. The fourth-order valence-corrected chi connectivity index (χ4v) is 4.41. The second-order valence-corrected chi connectivity index (χ2v) is 8.16. The van der Waals surface area contributed by atoms with Crippen LogP contribution in [0.15, 0.2) is 36.9 Å². The summed E-state index contributed by atoms with van der Waals surface area (Å²) in [5, 5.41) is 10.7. The third-order valence-corrected chi connectivity index (χ3v) is 6.00. The Kier molecular flexibility index (Phi) is 6.77. The molecule has 2 aliphatic rings. The first-order valence-electron chi connectivity index (χ1n) is 10.4. The van der Waals surface area contributed by atoms with Gasteiger partial charge >= 0.3 is 6.16 Å². The van der Waals surface area contributed by atoms with E-state index in [1.807, 2.05) is 13.0 Å². The van der Waals surface area contributed by atoms with E-state index >= 15 is 0 Å². The molecule has 4 unspecified atom stereocenters. The molecule has 8 nitrogen and oxygen atoms in total. The van der Waals surface area contributed by atoms with Gasteiger partial charge in [0.05, 0.1) is 17.1 Å². The lowest BCUT2D eigenvalue weighted by atomic mass is 9.83. The maximum atomic E-state index is 12.2. The highest BCUT2D eigenvalue weighted by Gasteiger charge is 2.53. The van der Waals surface area contributed by atoms with Crippen LogP contribution in [-0.2, 0) is 14.2 Å². The van der Waals surface area contributed by atoms with Crippen LogP contribution in [-0.4, -0.2) is 35.2 Å². The average molecular weight is 419 g/mol. The minimum atomic E-state index is -0.828. The fraction of sp³-hybridized carbons (Fsp3) is 0.591. The van der Waals surface area contributed by atoms with Crippen molar-refractivity contribution in [1.29, 1.82) is 0 Å². The number of nitro groups is 1. The van der Waals surface area contributed by atoms with Gasteiger partial charge in [0.1, 0.15) is 11.9 Å². The molecule has 2 fully saturated rings. The number of carbonyl (C=O) groups excluding carboxylic acids is 1. The molecule has 3 rings (SSSR count). The molecular weight excluding hydrogens is 390 g/mol. The zero-order chi connectivity index (χ0) is 21.8. The zero-order valence-electron chi connectivity index (χ0n) is 17.5. The Morgan fingerprint density at radius 2 is 2.17 bits per heavy atom. The molecule has 1 heterocycles. The summed E-state index contributed by atoms with van der Waals surface area (Å²) in [5.41, 5.74) is -0.548. The Morgan fingerprint density at radius 1 is 1.43 bits per heavy atom. The highest BCUT2D eigenvalue weighted by atomic mass is 16.8. The molecule has 0 radical (unpaired) electrons. The van der Waals surface area contributed by atoms with Crippen LogP contribution in [0.2, 0.25) is 0 Å². The van der Waals surface area contributed by atoms with E-state index in [4.69, 9.17) is 18.9 Å². The molecule has 1 aromatic rings. The van der Waals surface area contributed by atoms with Crippen molar-refractivity contribution in [3.63, 3.8) is 0 Å². The van der Waals surface area contributed by atoms with E-state index in [1.165, 1.54) is 24.3 Å². The summed E-state index contributed by atoms with van der Waals surface area (Å²) in [7, 11) is 0. The van der Waals surface area contributed by atoms with Gasteiger partial charge in [-0.15, -0.1) is 6.58 Å². The topological polar surface area (TPSA) is 97.1 Å². The van der Waals surface area contributed by atoms with E-state index in [9.17, 15) is 14.9 Å². The molecule has 4 atom stereocenters. The number of benzene rings is 1. The van der Waals surface area contributed by atoms with Gasteiger partial charge in [0.2, 0.25) is 0 Å². The summed E-state index contributed by atoms with van der Waals surface area (Å²) in [6, 6.07) is 5.28. The molecule has 0 aromatic heterocycles. The Balaban J connectivity index is 1.57. The maximum absolute atomic E-state index is 12.2. The Bertz CT molecular complexity index is 780. The van der Waals surface area contributed by atoms with Crippen molar-refractivity contribution < 1.29 is 28.7 Å². The van der Waals surface area contributed by atoms with Crippen LogP contribution in [0.4, 0.5) is 10.5 Å². The second-order valence-electron chi connectivity index (χ2n) is 8.16. The first kappa shape index (κ1) is 22.2. The van der Waals surface area contributed by atoms with E-state index in [1.54, 1.807) is 0 Å². The lowest BCUT2D eigenvalue weighted by Gasteiger charge is -2.39. The van der Waals surface area contributed by atoms with Crippen LogP contribution >= 0.6 is 0 Å². The first-order chi connectivity index (χ1) is 14.3. The standard InChI is InChI=1S/C22H29NO7/c1-4-7-16(5-2)21(3)27-15-22(30-21)13-6-8-19(14-22)29-20(24)28-18-11-9-17(10-12-18)23(25)26/h4,9-12,16,19H,1,5-8,13-15H2,2-3H3. The summed E-state index contributed by atoms with van der Waals surface area (Å²) in [4.78, 5) is 22.4. The number of nitrogens with zero attached hydrogens (tertiary/aromatic N) is 1. The van der Waals surface area contributed by atoms with Crippen molar-refractivity contribution in [2.75, 3.05) is 6.61 Å². The lowest BCUT2D eigenvalue weighted by Crippen LogP contribution is -2.44. The molecule has 8 heteroatoms. The van der Waals surface area contributed by atoms with Crippen LogP contribution < -0.4 is 4.74 Å². The van der Waals surface area contributed by atoms with Gasteiger partial charge in [-0.25, -0.2) is 4.79 Å². The summed E-state index contributed by atoms with van der Waals surface area (Å²) in [5.74, 6) is -0.272. The summed E-state index contributed by atoms with van der Waals surface area (Å²) < 4.78 is 23.3. The Labute approximate surface area is 176 Å². The predicted molar refractivity (Wildman–Crippen MR) is 109 cm³/mol. The van der Waals surface area contributed by atoms with Gasteiger partial charge in [-0.2, -0.15) is 0 Å². The minimum absolute atomic E-state index is 0.0757. The molecule has 1 aliphatic carbocycles. The molecule has 0 bridgehead atoms. The quantitative estimate of drug-likeness (QED) is 0.198. The van der Waals surface area contributed by atoms with Crippen LogP contribution in [0.3, 0.4) is 0 Å². The molecular formula is C22H29NO7. The summed E-state index contributed by atoms with van der Waals surface area (Å²) in [6.07, 6.45) is 5.42. The van der Waals surface area contributed by atoms with E-state index in [2.05, 4.69) is 13.5 Å². The lowest BCUT2D eigenvalue weighted by molar-refractivity contribution is -0.384. The molecule has 1 aromatic carbocycles.